The lowest BCUT2D eigenvalue weighted by atomic mass is 9.79. The van der Waals surface area contributed by atoms with Crippen molar-refractivity contribution in [3.8, 4) is 0 Å². The van der Waals surface area contributed by atoms with Gasteiger partial charge < -0.3 is 20.7 Å². The van der Waals surface area contributed by atoms with E-state index in [4.69, 9.17) is 10.5 Å². The van der Waals surface area contributed by atoms with Crippen molar-refractivity contribution in [2.75, 3.05) is 33.3 Å². The molecule has 1 heterocycles. The van der Waals surface area contributed by atoms with Crippen molar-refractivity contribution in [2.24, 2.45) is 17.6 Å². The monoisotopic (exact) mass is 269 g/mol. The van der Waals surface area contributed by atoms with Gasteiger partial charge in [0.25, 0.3) is 0 Å². The van der Waals surface area contributed by atoms with Gasteiger partial charge in [-0.2, -0.15) is 0 Å². The van der Waals surface area contributed by atoms with E-state index in [1.54, 1.807) is 0 Å². The Morgan fingerprint density at radius 1 is 1.42 bits per heavy atom. The molecule has 110 valence electrons. The molecule has 4 atom stereocenters. The molecule has 0 radical (unpaired) electrons. The third-order valence-electron chi connectivity index (χ3n) is 4.20. The summed E-state index contributed by atoms with van der Waals surface area (Å²) < 4.78 is 5.65. The zero-order chi connectivity index (χ0) is 13.8. The van der Waals surface area contributed by atoms with E-state index < -0.39 is 0 Å². The summed E-state index contributed by atoms with van der Waals surface area (Å²) in [5.41, 5.74) is 6.00. The van der Waals surface area contributed by atoms with E-state index in [0.29, 0.717) is 12.5 Å². The van der Waals surface area contributed by atoms with E-state index in [2.05, 4.69) is 24.2 Å². The van der Waals surface area contributed by atoms with Gasteiger partial charge in [-0.15, -0.1) is 0 Å². The first-order chi connectivity index (χ1) is 9.04. The summed E-state index contributed by atoms with van der Waals surface area (Å²) in [6, 6.07) is 0.177. The van der Waals surface area contributed by atoms with Crippen LogP contribution in [0.2, 0.25) is 0 Å². The second-order valence-electron chi connectivity index (χ2n) is 6.27. The van der Waals surface area contributed by atoms with Gasteiger partial charge in [0, 0.05) is 31.6 Å². The van der Waals surface area contributed by atoms with Crippen molar-refractivity contribution in [3.63, 3.8) is 0 Å². The number of likely N-dealkylation sites (N-methyl/N-ethyl adjacent to an activating group) is 1. The molecular formula is C14H27N3O2. The number of nitrogens with two attached hydrogens (primary N) is 1. The molecule has 1 aliphatic heterocycles. The number of rotatable bonds is 3. The van der Waals surface area contributed by atoms with E-state index in [0.717, 1.165) is 39.0 Å². The first-order valence-corrected chi connectivity index (χ1v) is 7.38. The Labute approximate surface area is 115 Å². The molecule has 0 aromatic carbocycles. The zero-order valence-electron chi connectivity index (χ0n) is 12.1. The molecule has 1 saturated carbocycles. The Kier molecular flexibility index (Phi) is 5.19. The van der Waals surface area contributed by atoms with Gasteiger partial charge in [-0.3, -0.25) is 4.79 Å². The molecule has 2 rings (SSSR count). The number of carbonyl (C=O) groups excluding carboxylic acids is 1. The predicted octanol–water partition coefficient (Wildman–Crippen LogP) is 0.197. The highest BCUT2D eigenvalue weighted by atomic mass is 16.5. The molecule has 0 aromatic heterocycles. The molecule has 5 nitrogen and oxygen atoms in total. The summed E-state index contributed by atoms with van der Waals surface area (Å²) in [5.74, 6) is 0.787. The van der Waals surface area contributed by atoms with Gasteiger partial charge in [0.2, 0.25) is 5.91 Å². The van der Waals surface area contributed by atoms with Crippen molar-refractivity contribution < 1.29 is 9.53 Å². The summed E-state index contributed by atoms with van der Waals surface area (Å²) in [7, 11) is 2.08. The molecule has 0 spiro atoms. The molecule has 2 fully saturated rings. The SMILES string of the molecule is CC1CC(N)CC(C(=O)NCC2CN(C)CCO2)C1. The van der Waals surface area contributed by atoms with Crippen LogP contribution in [-0.2, 0) is 9.53 Å². The fourth-order valence-corrected chi connectivity index (χ4v) is 3.22. The Hall–Kier alpha value is -0.650. The van der Waals surface area contributed by atoms with Gasteiger partial charge in [0.1, 0.15) is 0 Å². The van der Waals surface area contributed by atoms with Gasteiger partial charge in [-0.1, -0.05) is 6.92 Å². The minimum atomic E-state index is 0.0834. The van der Waals surface area contributed by atoms with E-state index in [-0.39, 0.29) is 24.0 Å². The molecule has 2 aliphatic rings. The number of ether oxygens (including phenoxy) is 1. The van der Waals surface area contributed by atoms with Crippen LogP contribution in [0.1, 0.15) is 26.2 Å². The van der Waals surface area contributed by atoms with Gasteiger partial charge >= 0.3 is 0 Å². The number of morpholine rings is 1. The molecule has 4 unspecified atom stereocenters. The molecular weight excluding hydrogens is 242 g/mol. The highest BCUT2D eigenvalue weighted by Gasteiger charge is 2.29. The predicted molar refractivity (Wildman–Crippen MR) is 74.7 cm³/mol. The van der Waals surface area contributed by atoms with E-state index in [1.807, 2.05) is 0 Å². The van der Waals surface area contributed by atoms with Crippen LogP contribution >= 0.6 is 0 Å². The minimum Gasteiger partial charge on any atom is -0.374 e. The molecule has 19 heavy (non-hydrogen) atoms. The first kappa shape index (κ1) is 14.8. The maximum atomic E-state index is 12.2. The Balaban J connectivity index is 1.74. The molecule has 3 N–H and O–H groups in total. The van der Waals surface area contributed by atoms with Crippen LogP contribution in [0, 0.1) is 11.8 Å². The van der Waals surface area contributed by atoms with Crippen molar-refractivity contribution in [3.05, 3.63) is 0 Å². The molecule has 1 aliphatic carbocycles. The van der Waals surface area contributed by atoms with Crippen LogP contribution in [-0.4, -0.2) is 56.2 Å². The fraction of sp³-hybridized carbons (Fsp3) is 0.929. The second kappa shape index (κ2) is 6.68. The Morgan fingerprint density at radius 3 is 2.89 bits per heavy atom. The van der Waals surface area contributed by atoms with Crippen LogP contribution in [0.3, 0.4) is 0 Å². The third kappa shape index (κ3) is 4.44. The number of hydrogen-bond donors (Lipinski definition) is 2. The molecule has 1 saturated heterocycles. The van der Waals surface area contributed by atoms with Gasteiger partial charge in [-0.25, -0.2) is 0 Å². The number of nitrogens with one attached hydrogen (secondary N) is 1. The summed E-state index contributed by atoms with van der Waals surface area (Å²) >= 11 is 0. The minimum absolute atomic E-state index is 0.0834. The number of amides is 1. The lowest BCUT2D eigenvalue weighted by Gasteiger charge is -2.32. The number of carbonyl (C=O) groups is 1. The van der Waals surface area contributed by atoms with Crippen LogP contribution < -0.4 is 11.1 Å². The van der Waals surface area contributed by atoms with Crippen LogP contribution in [0.4, 0.5) is 0 Å². The summed E-state index contributed by atoms with van der Waals surface area (Å²) in [4.78, 5) is 14.4. The van der Waals surface area contributed by atoms with E-state index in [1.165, 1.54) is 0 Å². The standard InChI is InChI=1S/C14H27N3O2/c1-10-5-11(7-12(15)6-10)14(18)16-8-13-9-17(2)3-4-19-13/h10-13H,3-9,15H2,1-2H3,(H,16,18). The van der Waals surface area contributed by atoms with Gasteiger partial charge in [0.15, 0.2) is 0 Å². The first-order valence-electron chi connectivity index (χ1n) is 7.38. The average Bonchev–Trinajstić information content (AvgIpc) is 2.35. The lowest BCUT2D eigenvalue weighted by Crippen LogP contribution is -2.48. The maximum absolute atomic E-state index is 12.2. The Morgan fingerprint density at radius 2 is 2.21 bits per heavy atom. The third-order valence-corrected chi connectivity index (χ3v) is 4.20. The molecule has 1 amide bonds. The topological polar surface area (TPSA) is 67.6 Å². The van der Waals surface area contributed by atoms with E-state index in [9.17, 15) is 4.79 Å². The Bertz CT molecular complexity index is 301. The van der Waals surface area contributed by atoms with Gasteiger partial charge in [-0.05, 0) is 32.2 Å². The fourth-order valence-electron chi connectivity index (χ4n) is 3.22. The number of nitrogens with zero attached hydrogens (tertiary/aromatic N) is 1. The smallest absolute Gasteiger partial charge is 0.223 e. The van der Waals surface area contributed by atoms with Crippen LogP contribution in [0.15, 0.2) is 0 Å². The largest absolute Gasteiger partial charge is 0.374 e. The van der Waals surface area contributed by atoms with Crippen LogP contribution in [0.5, 0.6) is 0 Å². The maximum Gasteiger partial charge on any atom is 0.223 e. The molecule has 0 aromatic rings. The van der Waals surface area contributed by atoms with Crippen LogP contribution in [0.25, 0.3) is 0 Å². The van der Waals surface area contributed by atoms with Crippen molar-refractivity contribution in [2.45, 2.75) is 38.3 Å². The lowest BCUT2D eigenvalue weighted by molar-refractivity contribution is -0.127. The molecule has 5 heteroatoms. The van der Waals surface area contributed by atoms with E-state index >= 15 is 0 Å². The summed E-state index contributed by atoms with van der Waals surface area (Å²) in [6.07, 6.45) is 2.95. The highest BCUT2D eigenvalue weighted by molar-refractivity contribution is 5.78. The summed E-state index contributed by atoms with van der Waals surface area (Å²) in [6.45, 7) is 5.41. The van der Waals surface area contributed by atoms with Crippen molar-refractivity contribution >= 4 is 5.91 Å². The average molecular weight is 269 g/mol. The normalized spacial score (nSPS) is 37.0. The zero-order valence-corrected chi connectivity index (χ0v) is 12.1. The number of hydrogen-bond acceptors (Lipinski definition) is 4. The van der Waals surface area contributed by atoms with Crippen molar-refractivity contribution in [1.82, 2.24) is 10.2 Å². The molecule has 0 bridgehead atoms. The summed E-state index contributed by atoms with van der Waals surface area (Å²) in [5, 5.41) is 3.04. The quantitative estimate of drug-likeness (QED) is 0.768. The second-order valence-corrected chi connectivity index (χ2v) is 6.27. The highest BCUT2D eigenvalue weighted by Crippen LogP contribution is 2.28. The van der Waals surface area contributed by atoms with Crippen molar-refractivity contribution in [1.29, 1.82) is 0 Å². The van der Waals surface area contributed by atoms with Gasteiger partial charge in [0.05, 0.1) is 12.7 Å².